The number of fused-ring (bicyclic) bond motifs is 1. The lowest BCUT2D eigenvalue weighted by Crippen LogP contribution is -2.39. The lowest BCUT2D eigenvalue weighted by Gasteiger charge is -2.23. The molecule has 0 saturated carbocycles. The van der Waals surface area contributed by atoms with Crippen LogP contribution in [0.4, 0.5) is 11.4 Å². The lowest BCUT2D eigenvalue weighted by atomic mass is 9.95. The summed E-state index contributed by atoms with van der Waals surface area (Å²) in [5.74, 6) is -2.24. The van der Waals surface area contributed by atoms with Gasteiger partial charge in [0.1, 0.15) is 17.7 Å². The molecular formula is C20H15Cl2N3O3. The van der Waals surface area contributed by atoms with E-state index < -0.39 is 23.8 Å². The van der Waals surface area contributed by atoms with Crippen LogP contribution >= 0.6 is 23.2 Å². The van der Waals surface area contributed by atoms with Crippen molar-refractivity contribution in [2.24, 2.45) is 11.0 Å². The first-order chi connectivity index (χ1) is 13.3. The van der Waals surface area contributed by atoms with E-state index in [0.717, 1.165) is 4.90 Å². The van der Waals surface area contributed by atoms with Crippen LogP contribution in [0.3, 0.4) is 0 Å². The van der Waals surface area contributed by atoms with Crippen molar-refractivity contribution in [3.8, 4) is 0 Å². The van der Waals surface area contributed by atoms with Crippen molar-refractivity contribution in [1.29, 1.82) is 0 Å². The number of carbonyl (C=O) groups excluding carboxylic acids is 3. The minimum absolute atomic E-state index is 0.0699. The van der Waals surface area contributed by atoms with Gasteiger partial charge in [0.15, 0.2) is 5.78 Å². The molecule has 2 aromatic carbocycles. The average molecular weight is 416 g/mol. The summed E-state index contributed by atoms with van der Waals surface area (Å²) in [7, 11) is 0. The van der Waals surface area contributed by atoms with Crippen molar-refractivity contribution in [2.45, 2.75) is 19.9 Å². The number of hydrogen-bond donors (Lipinski definition) is 0. The van der Waals surface area contributed by atoms with Gasteiger partial charge in [-0.15, -0.1) is 0 Å². The number of benzene rings is 2. The van der Waals surface area contributed by atoms with Crippen LogP contribution in [0.15, 0.2) is 47.6 Å². The zero-order valence-corrected chi connectivity index (χ0v) is 16.5. The second-order valence-corrected chi connectivity index (χ2v) is 7.52. The summed E-state index contributed by atoms with van der Waals surface area (Å²) in [5, 5.41) is 6.71. The topological polar surface area (TPSA) is 70.1 Å². The van der Waals surface area contributed by atoms with Gasteiger partial charge < -0.3 is 0 Å². The Hall–Kier alpha value is -2.70. The molecule has 0 radical (unpaired) electrons. The Morgan fingerprint density at radius 3 is 2.36 bits per heavy atom. The van der Waals surface area contributed by atoms with E-state index >= 15 is 0 Å². The van der Waals surface area contributed by atoms with Gasteiger partial charge in [-0.25, -0.2) is 4.90 Å². The molecule has 0 N–H and O–H groups in total. The Labute approximate surface area is 171 Å². The number of amides is 2. The third kappa shape index (κ3) is 2.72. The second kappa shape index (κ2) is 6.72. The van der Waals surface area contributed by atoms with E-state index in [0.29, 0.717) is 27.0 Å². The lowest BCUT2D eigenvalue weighted by molar-refractivity contribution is -0.122. The Kier molecular flexibility index (Phi) is 4.48. The molecule has 2 atom stereocenters. The van der Waals surface area contributed by atoms with Gasteiger partial charge >= 0.3 is 0 Å². The van der Waals surface area contributed by atoms with Gasteiger partial charge in [-0.05, 0) is 48.9 Å². The van der Waals surface area contributed by atoms with Gasteiger partial charge in [-0.2, -0.15) is 5.10 Å². The zero-order chi connectivity index (χ0) is 20.2. The van der Waals surface area contributed by atoms with Crippen LogP contribution in [0.5, 0.6) is 0 Å². The van der Waals surface area contributed by atoms with Gasteiger partial charge in [0, 0.05) is 17.0 Å². The van der Waals surface area contributed by atoms with Crippen LogP contribution in [-0.4, -0.2) is 29.4 Å². The molecule has 2 heterocycles. The number of nitrogens with zero attached hydrogens (tertiary/aromatic N) is 3. The summed E-state index contributed by atoms with van der Waals surface area (Å²) >= 11 is 12.1. The minimum Gasteiger partial charge on any atom is -0.293 e. The highest BCUT2D eigenvalue weighted by Crippen LogP contribution is 2.39. The highest BCUT2D eigenvalue weighted by molar-refractivity contribution is 6.49. The summed E-state index contributed by atoms with van der Waals surface area (Å²) in [6.45, 7) is 3.08. The Balaban J connectivity index is 1.83. The first-order valence-electron chi connectivity index (χ1n) is 8.58. The summed E-state index contributed by atoms with van der Waals surface area (Å²) in [6.07, 6.45) is 0. The monoisotopic (exact) mass is 415 g/mol. The number of carbonyl (C=O) groups is 3. The standard InChI is InChI=1S/C20H15Cl2N3O3/c1-10-14(22)4-3-5-15(10)24-19(27)16-17(11(2)26)23-25(18(16)20(24)28)13-8-6-12(21)7-9-13/h3-9,16,18H,1-2H3/t16-,18+/m1/s1. The van der Waals surface area contributed by atoms with E-state index in [4.69, 9.17) is 23.2 Å². The van der Waals surface area contributed by atoms with Crippen molar-refractivity contribution in [3.63, 3.8) is 0 Å². The maximum absolute atomic E-state index is 13.3. The van der Waals surface area contributed by atoms with Gasteiger partial charge in [0.05, 0.1) is 11.4 Å². The largest absolute Gasteiger partial charge is 0.293 e. The molecule has 1 fully saturated rings. The number of ketones is 1. The third-order valence-corrected chi connectivity index (χ3v) is 5.64. The molecule has 2 aliphatic heterocycles. The van der Waals surface area contributed by atoms with Gasteiger partial charge in [-0.3, -0.25) is 19.4 Å². The van der Waals surface area contributed by atoms with Crippen LogP contribution in [0.1, 0.15) is 12.5 Å². The van der Waals surface area contributed by atoms with Crippen molar-refractivity contribution < 1.29 is 14.4 Å². The van der Waals surface area contributed by atoms with Crippen LogP contribution in [0.2, 0.25) is 10.0 Å². The number of rotatable bonds is 3. The highest BCUT2D eigenvalue weighted by Gasteiger charge is 2.58. The second-order valence-electron chi connectivity index (χ2n) is 6.68. The van der Waals surface area contributed by atoms with Crippen molar-refractivity contribution in [3.05, 3.63) is 58.1 Å². The predicted octanol–water partition coefficient (Wildman–Crippen LogP) is 3.63. The van der Waals surface area contributed by atoms with E-state index in [1.165, 1.54) is 11.9 Å². The fourth-order valence-corrected chi connectivity index (χ4v) is 3.88. The molecule has 8 heteroatoms. The van der Waals surface area contributed by atoms with Crippen molar-refractivity contribution >= 4 is 57.9 Å². The molecular weight excluding hydrogens is 401 g/mol. The molecule has 0 unspecified atom stereocenters. The number of Topliss-reactive ketones (excluding diaryl/α,β-unsaturated/α-hetero) is 1. The van der Waals surface area contributed by atoms with Gasteiger partial charge in [0.2, 0.25) is 5.91 Å². The van der Waals surface area contributed by atoms with Crippen LogP contribution in [0.25, 0.3) is 0 Å². The minimum atomic E-state index is -0.959. The van der Waals surface area contributed by atoms with Crippen molar-refractivity contribution in [2.75, 3.05) is 9.91 Å². The third-order valence-electron chi connectivity index (χ3n) is 4.98. The maximum atomic E-state index is 13.3. The summed E-state index contributed by atoms with van der Waals surface area (Å²) in [4.78, 5) is 39.7. The molecule has 28 heavy (non-hydrogen) atoms. The van der Waals surface area contributed by atoms with E-state index in [9.17, 15) is 14.4 Å². The molecule has 0 aromatic heterocycles. The number of hydrazone groups is 1. The summed E-state index contributed by atoms with van der Waals surface area (Å²) in [6, 6.07) is 10.8. The van der Waals surface area contributed by atoms with Crippen LogP contribution in [0, 0.1) is 12.8 Å². The van der Waals surface area contributed by atoms with Gasteiger partial charge in [0.25, 0.3) is 5.91 Å². The number of hydrogen-bond acceptors (Lipinski definition) is 5. The first-order valence-corrected chi connectivity index (χ1v) is 9.34. The number of halogens is 2. The molecule has 0 spiro atoms. The average Bonchev–Trinajstić information content (AvgIpc) is 3.16. The van der Waals surface area contributed by atoms with E-state index in [2.05, 4.69) is 5.10 Å². The summed E-state index contributed by atoms with van der Waals surface area (Å²) in [5.41, 5.74) is 1.67. The van der Waals surface area contributed by atoms with Crippen LogP contribution in [-0.2, 0) is 14.4 Å². The molecule has 0 bridgehead atoms. The molecule has 6 nitrogen and oxygen atoms in total. The van der Waals surface area contributed by atoms with E-state index in [1.54, 1.807) is 49.4 Å². The smallest absolute Gasteiger partial charge is 0.259 e. The quantitative estimate of drug-likeness (QED) is 0.717. The molecule has 0 aliphatic carbocycles. The predicted molar refractivity (Wildman–Crippen MR) is 108 cm³/mol. The first kappa shape index (κ1) is 18.7. The summed E-state index contributed by atoms with van der Waals surface area (Å²) < 4.78 is 0. The fraction of sp³-hybridized carbons (Fsp3) is 0.200. The Bertz CT molecular complexity index is 1050. The maximum Gasteiger partial charge on any atom is 0.259 e. The molecule has 2 aliphatic rings. The van der Waals surface area contributed by atoms with Crippen molar-refractivity contribution in [1.82, 2.24) is 0 Å². The molecule has 2 aromatic rings. The highest BCUT2D eigenvalue weighted by atomic mass is 35.5. The zero-order valence-electron chi connectivity index (χ0n) is 15.0. The number of anilines is 2. The van der Waals surface area contributed by atoms with Crippen LogP contribution < -0.4 is 9.91 Å². The molecule has 1 saturated heterocycles. The van der Waals surface area contributed by atoms with E-state index in [1.807, 2.05) is 0 Å². The van der Waals surface area contributed by atoms with E-state index in [-0.39, 0.29) is 11.5 Å². The van der Waals surface area contributed by atoms with Gasteiger partial charge in [-0.1, -0.05) is 29.3 Å². The molecule has 142 valence electrons. The molecule has 2 amide bonds. The normalized spacial score (nSPS) is 21.2. The number of imide groups is 1. The Morgan fingerprint density at radius 1 is 1.04 bits per heavy atom. The SMILES string of the molecule is CC(=O)C1=NN(c2ccc(Cl)cc2)[C@@H]2C(=O)N(c3cccc(Cl)c3C)C(=O)[C@H]12. The Morgan fingerprint density at radius 2 is 1.71 bits per heavy atom. The fourth-order valence-electron chi connectivity index (χ4n) is 3.59. The molecule has 4 rings (SSSR count).